The third kappa shape index (κ3) is 5.65. The fraction of sp³-hybridized carbons (Fsp3) is 0.429. The van der Waals surface area contributed by atoms with Crippen LogP contribution in [0.1, 0.15) is 32.3 Å². The van der Waals surface area contributed by atoms with Crippen LogP contribution >= 0.6 is 0 Å². The van der Waals surface area contributed by atoms with Crippen molar-refractivity contribution >= 4 is 22.1 Å². The summed E-state index contributed by atoms with van der Waals surface area (Å²) in [6, 6.07) is 1.39. The van der Waals surface area contributed by atoms with Crippen molar-refractivity contribution in [2.24, 2.45) is 5.92 Å². The van der Waals surface area contributed by atoms with Gasteiger partial charge >= 0.3 is 5.97 Å². The molecule has 1 heterocycles. The predicted octanol–water partition coefficient (Wildman–Crippen LogP) is 1.89. The Balaban J connectivity index is 2.88. The zero-order valence-corrected chi connectivity index (χ0v) is 12.9. The quantitative estimate of drug-likeness (QED) is 0.715. The highest BCUT2D eigenvalue weighted by molar-refractivity contribution is 7.89. The van der Waals surface area contributed by atoms with E-state index in [0.29, 0.717) is 18.0 Å². The van der Waals surface area contributed by atoms with Crippen molar-refractivity contribution < 1.29 is 18.3 Å². The van der Waals surface area contributed by atoms with Crippen LogP contribution in [0.2, 0.25) is 0 Å². The molecule has 0 radical (unpaired) electrons. The molecule has 0 saturated carbocycles. The highest BCUT2D eigenvalue weighted by Crippen LogP contribution is 2.12. The summed E-state index contributed by atoms with van der Waals surface area (Å²) in [6.07, 6.45) is 6.68. The van der Waals surface area contributed by atoms with Crippen molar-refractivity contribution in [1.29, 1.82) is 0 Å². The maximum Gasteiger partial charge on any atom is 0.328 e. The molecule has 0 fully saturated rings. The van der Waals surface area contributed by atoms with Crippen molar-refractivity contribution in [3.63, 3.8) is 0 Å². The van der Waals surface area contributed by atoms with Gasteiger partial charge in [0.1, 0.15) is 4.90 Å². The average Bonchev–Trinajstić information content (AvgIpc) is 2.46. The van der Waals surface area contributed by atoms with E-state index in [-0.39, 0.29) is 4.90 Å². The topological polar surface area (TPSA) is 96.4 Å². The van der Waals surface area contributed by atoms with E-state index in [1.165, 1.54) is 24.5 Å². The molecule has 0 unspecified atom stereocenters. The molecule has 1 aromatic heterocycles. The minimum atomic E-state index is -3.63. The number of sulfonamides is 1. The van der Waals surface area contributed by atoms with Gasteiger partial charge in [0.05, 0.1) is 0 Å². The molecule has 0 aromatic carbocycles. The molecule has 0 bridgehead atoms. The number of nitrogens with zero attached hydrogens (tertiary/aromatic N) is 1. The molecule has 21 heavy (non-hydrogen) atoms. The van der Waals surface area contributed by atoms with Crippen molar-refractivity contribution in [2.45, 2.75) is 31.6 Å². The van der Waals surface area contributed by atoms with E-state index in [1.807, 2.05) is 13.8 Å². The summed E-state index contributed by atoms with van der Waals surface area (Å²) in [7, 11) is -3.63. The van der Waals surface area contributed by atoms with E-state index in [1.54, 1.807) is 0 Å². The highest BCUT2D eigenvalue weighted by Gasteiger charge is 2.16. The number of carboxylic acids is 1. The molecule has 0 aliphatic rings. The van der Waals surface area contributed by atoms with Crippen LogP contribution in [0.5, 0.6) is 0 Å². The normalized spacial score (nSPS) is 12.1. The average molecular weight is 312 g/mol. The monoisotopic (exact) mass is 312 g/mol. The van der Waals surface area contributed by atoms with Gasteiger partial charge in [-0.1, -0.05) is 26.7 Å². The Bertz CT molecular complexity index is 607. The first-order valence-corrected chi connectivity index (χ1v) is 8.23. The molecule has 0 aliphatic carbocycles. The lowest BCUT2D eigenvalue weighted by molar-refractivity contribution is -0.131. The summed E-state index contributed by atoms with van der Waals surface area (Å²) >= 11 is 0. The lowest BCUT2D eigenvalue weighted by atomic mass is 10.0. The summed E-state index contributed by atoms with van der Waals surface area (Å²) in [5.41, 5.74) is 0.419. The Morgan fingerprint density at radius 1 is 1.38 bits per heavy atom. The fourth-order valence-corrected chi connectivity index (χ4v) is 2.84. The van der Waals surface area contributed by atoms with Gasteiger partial charge in [-0.25, -0.2) is 17.9 Å². The SMILES string of the molecule is CCC(CC)CNS(=O)(=O)c1cncc(/C=C/C(=O)O)c1. The van der Waals surface area contributed by atoms with Crippen molar-refractivity contribution in [1.82, 2.24) is 9.71 Å². The van der Waals surface area contributed by atoms with Gasteiger partial charge in [0.15, 0.2) is 0 Å². The van der Waals surface area contributed by atoms with Gasteiger partial charge in [0.25, 0.3) is 0 Å². The molecule has 0 amide bonds. The molecular formula is C14H20N2O4S. The zero-order valence-electron chi connectivity index (χ0n) is 12.1. The lowest BCUT2D eigenvalue weighted by Crippen LogP contribution is -2.29. The number of carboxylic acid groups (broad SMARTS) is 1. The second kappa shape index (κ2) is 7.90. The summed E-state index contributed by atoms with van der Waals surface area (Å²) < 4.78 is 26.9. The molecular weight excluding hydrogens is 292 g/mol. The van der Waals surface area contributed by atoms with Crippen molar-refractivity contribution in [3.05, 3.63) is 30.1 Å². The number of aromatic nitrogens is 1. The molecule has 0 aliphatic heterocycles. The van der Waals surface area contributed by atoms with Crippen LogP contribution in [0, 0.1) is 5.92 Å². The Kier molecular flexibility index (Phi) is 6.51. The van der Waals surface area contributed by atoms with Gasteiger partial charge < -0.3 is 5.11 Å². The third-order valence-corrected chi connectivity index (χ3v) is 4.57. The summed E-state index contributed by atoms with van der Waals surface area (Å²) in [6.45, 7) is 4.41. The Hall–Kier alpha value is -1.73. The van der Waals surface area contributed by atoms with Gasteiger partial charge in [-0.3, -0.25) is 4.98 Å². The number of aliphatic carboxylic acids is 1. The van der Waals surface area contributed by atoms with Crippen molar-refractivity contribution in [3.8, 4) is 0 Å². The van der Waals surface area contributed by atoms with Crippen LogP contribution in [-0.4, -0.2) is 31.0 Å². The van der Waals surface area contributed by atoms with E-state index in [4.69, 9.17) is 5.11 Å². The van der Waals surface area contributed by atoms with E-state index in [0.717, 1.165) is 18.9 Å². The van der Waals surface area contributed by atoms with E-state index in [9.17, 15) is 13.2 Å². The van der Waals surface area contributed by atoms with Crippen LogP contribution in [0.25, 0.3) is 6.08 Å². The predicted molar refractivity (Wildman–Crippen MR) is 80.2 cm³/mol. The molecule has 6 nitrogen and oxygen atoms in total. The summed E-state index contributed by atoms with van der Waals surface area (Å²) in [4.78, 5) is 14.3. The first-order chi connectivity index (χ1) is 9.89. The lowest BCUT2D eigenvalue weighted by Gasteiger charge is -2.13. The minimum absolute atomic E-state index is 0.0287. The molecule has 116 valence electrons. The van der Waals surface area contributed by atoms with E-state index in [2.05, 4.69) is 9.71 Å². The largest absolute Gasteiger partial charge is 0.478 e. The van der Waals surface area contributed by atoms with Gasteiger partial charge in [-0.15, -0.1) is 0 Å². The molecule has 0 atom stereocenters. The number of carbonyl (C=O) groups is 1. The van der Waals surface area contributed by atoms with Crippen LogP contribution in [-0.2, 0) is 14.8 Å². The van der Waals surface area contributed by atoms with E-state index < -0.39 is 16.0 Å². The van der Waals surface area contributed by atoms with Crippen molar-refractivity contribution in [2.75, 3.05) is 6.54 Å². The van der Waals surface area contributed by atoms with Gasteiger partial charge in [0, 0.05) is 25.0 Å². The van der Waals surface area contributed by atoms with Crippen LogP contribution in [0.4, 0.5) is 0 Å². The van der Waals surface area contributed by atoms with E-state index >= 15 is 0 Å². The number of hydrogen-bond acceptors (Lipinski definition) is 4. The molecule has 2 N–H and O–H groups in total. The van der Waals surface area contributed by atoms with Gasteiger partial charge in [0.2, 0.25) is 10.0 Å². The smallest absolute Gasteiger partial charge is 0.328 e. The minimum Gasteiger partial charge on any atom is -0.478 e. The van der Waals surface area contributed by atoms with Crippen LogP contribution < -0.4 is 4.72 Å². The van der Waals surface area contributed by atoms with Crippen LogP contribution in [0.15, 0.2) is 29.4 Å². The third-order valence-electron chi connectivity index (χ3n) is 3.18. The second-order valence-corrected chi connectivity index (χ2v) is 6.43. The zero-order chi connectivity index (χ0) is 15.9. The standard InChI is InChI=1S/C14H20N2O4S/c1-3-11(4-2)9-16-21(19,20)13-7-12(8-15-10-13)5-6-14(17)18/h5-8,10-11,16H,3-4,9H2,1-2H3,(H,17,18)/b6-5+. The first kappa shape index (κ1) is 17.3. The maximum absolute atomic E-state index is 12.2. The molecule has 0 spiro atoms. The second-order valence-electron chi connectivity index (χ2n) is 4.66. The van der Waals surface area contributed by atoms with Gasteiger partial charge in [-0.05, 0) is 23.6 Å². The molecule has 7 heteroatoms. The summed E-state index contributed by atoms with van der Waals surface area (Å²) in [5, 5.41) is 8.57. The number of pyridine rings is 1. The summed E-state index contributed by atoms with van der Waals surface area (Å²) in [5.74, 6) is -0.807. The Morgan fingerprint density at radius 2 is 2.05 bits per heavy atom. The number of hydrogen-bond donors (Lipinski definition) is 2. The number of nitrogens with one attached hydrogen (secondary N) is 1. The molecule has 1 aromatic rings. The van der Waals surface area contributed by atoms with Crippen LogP contribution in [0.3, 0.4) is 0 Å². The fourth-order valence-electron chi connectivity index (χ4n) is 1.73. The molecule has 1 rings (SSSR count). The first-order valence-electron chi connectivity index (χ1n) is 6.74. The maximum atomic E-state index is 12.2. The molecule has 0 saturated heterocycles. The highest BCUT2D eigenvalue weighted by atomic mass is 32.2. The Morgan fingerprint density at radius 3 is 2.62 bits per heavy atom. The van der Waals surface area contributed by atoms with Gasteiger partial charge in [-0.2, -0.15) is 0 Å². The Labute approximate surface area is 125 Å². The number of rotatable bonds is 8.